The van der Waals surface area contributed by atoms with Crippen LogP contribution in [0.25, 0.3) is 11.4 Å². The molecule has 0 unspecified atom stereocenters. The van der Waals surface area contributed by atoms with Crippen LogP contribution in [0.3, 0.4) is 0 Å². The van der Waals surface area contributed by atoms with Crippen molar-refractivity contribution in [3.8, 4) is 11.4 Å². The van der Waals surface area contributed by atoms with Crippen molar-refractivity contribution in [1.29, 1.82) is 0 Å². The van der Waals surface area contributed by atoms with E-state index in [1.807, 2.05) is 26.0 Å². The average molecular weight is 484 g/mol. The first-order valence-corrected chi connectivity index (χ1v) is 10.8. The lowest BCUT2D eigenvalue weighted by molar-refractivity contribution is -0.137. The van der Waals surface area contributed by atoms with Crippen molar-refractivity contribution in [2.75, 3.05) is 4.90 Å². The van der Waals surface area contributed by atoms with Gasteiger partial charge in [-0.2, -0.15) is 23.3 Å². The third kappa shape index (κ3) is 4.04. The van der Waals surface area contributed by atoms with Crippen molar-refractivity contribution in [3.05, 3.63) is 65.5 Å². The summed E-state index contributed by atoms with van der Waals surface area (Å²) in [7, 11) is 0. The second-order valence-electron chi connectivity index (χ2n) is 8.54. The van der Waals surface area contributed by atoms with Gasteiger partial charge >= 0.3 is 6.18 Å². The lowest BCUT2D eigenvalue weighted by atomic mass is 10.0. The molecule has 2 aliphatic heterocycles. The van der Waals surface area contributed by atoms with Crippen molar-refractivity contribution in [3.63, 3.8) is 0 Å². The second-order valence-corrected chi connectivity index (χ2v) is 8.54. The van der Waals surface area contributed by atoms with Crippen LogP contribution >= 0.6 is 0 Å². The minimum Gasteiger partial charge on any atom is -0.337 e. The van der Waals surface area contributed by atoms with Crippen LogP contribution in [0.5, 0.6) is 0 Å². The number of nitrogens with zero attached hydrogens (tertiary/aromatic N) is 6. The van der Waals surface area contributed by atoms with Crippen LogP contribution in [0.2, 0.25) is 0 Å². The van der Waals surface area contributed by atoms with E-state index < -0.39 is 35.6 Å². The zero-order chi connectivity index (χ0) is 24.9. The Balaban J connectivity index is 1.34. The molecule has 0 N–H and O–H groups in total. The quantitative estimate of drug-likeness (QED) is 0.498. The van der Waals surface area contributed by atoms with Gasteiger partial charge in [0.15, 0.2) is 12.1 Å². The third-order valence-electron chi connectivity index (χ3n) is 5.89. The summed E-state index contributed by atoms with van der Waals surface area (Å²) in [6.45, 7) is 3.94. The van der Waals surface area contributed by atoms with E-state index in [0.717, 1.165) is 22.6 Å². The Morgan fingerprint density at radius 2 is 1.80 bits per heavy atom. The monoisotopic (exact) mass is 484 g/mol. The van der Waals surface area contributed by atoms with Gasteiger partial charge in [0.25, 0.3) is 11.8 Å². The Kier molecular flexibility index (Phi) is 5.37. The highest BCUT2D eigenvalue weighted by atomic mass is 19.4. The SMILES string of the molecule is CC(C)c1ccc(N2C(=O)[C@@H]3N=NN(Cc4nc(-c5cccc(C(F)(F)F)c5)no4)[C@H]3C2=O)cc1. The summed E-state index contributed by atoms with van der Waals surface area (Å²) in [5.41, 5.74) is 0.800. The highest BCUT2D eigenvalue weighted by Crippen LogP contribution is 2.34. The van der Waals surface area contributed by atoms with E-state index in [2.05, 4.69) is 20.5 Å². The Bertz CT molecular complexity index is 1320. The predicted molar refractivity (Wildman–Crippen MR) is 116 cm³/mol. The number of benzene rings is 2. The van der Waals surface area contributed by atoms with E-state index in [4.69, 9.17) is 4.52 Å². The number of imide groups is 1. The maximum Gasteiger partial charge on any atom is 0.416 e. The van der Waals surface area contributed by atoms with Crippen molar-refractivity contribution in [1.82, 2.24) is 15.1 Å². The van der Waals surface area contributed by atoms with E-state index >= 15 is 0 Å². The van der Waals surface area contributed by atoms with Crippen LogP contribution in [0.15, 0.2) is 63.4 Å². The molecule has 0 bridgehead atoms. The molecule has 0 spiro atoms. The van der Waals surface area contributed by atoms with Crippen LogP contribution in [-0.2, 0) is 22.3 Å². The number of carbonyl (C=O) groups is 2. The molecule has 12 heteroatoms. The highest BCUT2D eigenvalue weighted by molar-refractivity contribution is 6.25. The van der Waals surface area contributed by atoms with Crippen LogP contribution in [0.4, 0.5) is 18.9 Å². The molecule has 5 rings (SSSR count). The van der Waals surface area contributed by atoms with Crippen molar-refractivity contribution in [2.45, 2.75) is 44.6 Å². The van der Waals surface area contributed by atoms with Crippen LogP contribution in [0.1, 0.15) is 36.8 Å². The summed E-state index contributed by atoms with van der Waals surface area (Å²) in [5.74, 6) is -0.706. The van der Waals surface area contributed by atoms with E-state index in [-0.39, 0.29) is 23.8 Å². The molecule has 35 heavy (non-hydrogen) atoms. The normalized spacial score (nSPS) is 19.8. The number of carbonyl (C=O) groups excluding carboxylic acids is 2. The topological polar surface area (TPSA) is 104 Å². The minimum atomic E-state index is -4.51. The number of hydrogen-bond donors (Lipinski definition) is 0. The van der Waals surface area contributed by atoms with Crippen molar-refractivity contribution < 1.29 is 27.3 Å². The zero-order valence-corrected chi connectivity index (χ0v) is 18.6. The van der Waals surface area contributed by atoms with Crippen molar-refractivity contribution in [2.24, 2.45) is 10.3 Å². The van der Waals surface area contributed by atoms with Gasteiger partial charge in [-0.15, -0.1) is 0 Å². The summed E-state index contributed by atoms with van der Waals surface area (Å²) in [5, 5.41) is 12.9. The summed E-state index contributed by atoms with van der Waals surface area (Å²) in [4.78, 5) is 31.3. The molecule has 0 aliphatic carbocycles. The van der Waals surface area contributed by atoms with Gasteiger partial charge in [0.1, 0.15) is 6.54 Å². The first-order valence-electron chi connectivity index (χ1n) is 10.8. The van der Waals surface area contributed by atoms with Gasteiger partial charge in [-0.25, -0.2) is 4.90 Å². The number of amides is 2. The van der Waals surface area contributed by atoms with Gasteiger partial charge in [-0.05, 0) is 35.7 Å². The van der Waals surface area contributed by atoms with E-state index in [1.165, 1.54) is 17.1 Å². The van der Waals surface area contributed by atoms with E-state index in [9.17, 15) is 22.8 Å². The molecule has 9 nitrogen and oxygen atoms in total. The van der Waals surface area contributed by atoms with E-state index in [0.29, 0.717) is 11.6 Å². The summed E-state index contributed by atoms with van der Waals surface area (Å²) >= 11 is 0. The van der Waals surface area contributed by atoms with Crippen LogP contribution in [0, 0.1) is 0 Å². The molecular formula is C23H19F3N6O3. The third-order valence-corrected chi connectivity index (χ3v) is 5.89. The fourth-order valence-electron chi connectivity index (χ4n) is 4.03. The van der Waals surface area contributed by atoms with Gasteiger partial charge in [0.05, 0.1) is 11.3 Å². The molecule has 0 saturated carbocycles. The Labute approximate surface area is 197 Å². The number of fused-ring (bicyclic) bond motifs is 1. The van der Waals surface area contributed by atoms with Gasteiger partial charge in [-0.3, -0.25) is 14.6 Å². The number of hydrogen-bond acceptors (Lipinski definition) is 8. The summed E-state index contributed by atoms with van der Waals surface area (Å²) in [6, 6.07) is 9.72. The molecule has 3 heterocycles. The van der Waals surface area contributed by atoms with E-state index in [1.54, 1.807) is 12.1 Å². The predicted octanol–water partition coefficient (Wildman–Crippen LogP) is 4.37. The lowest BCUT2D eigenvalue weighted by Gasteiger charge is -2.19. The summed E-state index contributed by atoms with van der Waals surface area (Å²) in [6.07, 6.45) is -4.51. The maximum atomic E-state index is 13.1. The number of alkyl halides is 3. The first kappa shape index (κ1) is 22.7. The fraction of sp³-hybridized carbons (Fsp3) is 0.304. The molecule has 3 aromatic rings. The smallest absolute Gasteiger partial charge is 0.337 e. The maximum absolute atomic E-state index is 13.1. The fourth-order valence-corrected chi connectivity index (χ4v) is 4.03. The first-order chi connectivity index (χ1) is 16.6. The number of aromatic nitrogens is 2. The summed E-state index contributed by atoms with van der Waals surface area (Å²) < 4.78 is 44.2. The van der Waals surface area contributed by atoms with Crippen molar-refractivity contribution >= 4 is 17.5 Å². The molecule has 2 atom stereocenters. The number of rotatable bonds is 5. The second kappa shape index (κ2) is 8.29. The Morgan fingerprint density at radius 3 is 2.49 bits per heavy atom. The largest absolute Gasteiger partial charge is 0.416 e. The molecular weight excluding hydrogens is 465 g/mol. The molecule has 1 aromatic heterocycles. The number of anilines is 1. The van der Waals surface area contributed by atoms with Gasteiger partial charge in [0, 0.05) is 5.56 Å². The molecule has 180 valence electrons. The molecule has 2 aliphatic rings. The minimum absolute atomic E-state index is 0.0111. The molecule has 1 saturated heterocycles. The molecule has 2 amide bonds. The van der Waals surface area contributed by atoms with Gasteiger partial charge in [-0.1, -0.05) is 48.5 Å². The Morgan fingerprint density at radius 1 is 1.06 bits per heavy atom. The van der Waals surface area contributed by atoms with Gasteiger partial charge in [0.2, 0.25) is 11.7 Å². The Hall–Kier alpha value is -4.09. The highest BCUT2D eigenvalue weighted by Gasteiger charge is 2.55. The molecule has 0 radical (unpaired) electrons. The lowest BCUT2D eigenvalue weighted by Crippen LogP contribution is -2.39. The average Bonchev–Trinajstić information content (AvgIpc) is 3.52. The molecule has 2 aromatic carbocycles. The number of halogens is 3. The van der Waals surface area contributed by atoms with Crippen LogP contribution < -0.4 is 4.90 Å². The van der Waals surface area contributed by atoms with Gasteiger partial charge < -0.3 is 4.52 Å². The molecule has 1 fully saturated rings. The standard InChI is InChI=1S/C23H19F3N6O3/c1-12(2)13-6-8-16(9-7-13)32-21(33)18-19(22(32)34)31(30-28-18)11-17-27-20(29-35-17)14-4-3-5-15(10-14)23(24,25)26/h3-10,12,18-19H,11H2,1-2H3/t18-,19-/m1/s1. The zero-order valence-electron chi connectivity index (χ0n) is 18.6. The van der Waals surface area contributed by atoms with Crippen LogP contribution in [-0.4, -0.2) is 39.0 Å².